The zero-order valence-electron chi connectivity index (χ0n) is 11.9. The molecule has 0 saturated carbocycles. The van der Waals surface area contributed by atoms with Crippen LogP contribution in [0.25, 0.3) is 0 Å². The van der Waals surface area contributed by atoms with E-state index in [9.17, 15) is 0 Å². The lowest BCUT2D eigenvalue weighted by molar-refractivity contribution is 0.783. The molecule has 2 heteroatoms. The molecule has 19 heavy (non-hydrogen) atoms. The summed E-state index contributed by atoms with van der Waals surface area (Å²) in [5, 5.41) is 3.54. The quantitative estimate of drug-likeness (QED) is 0.872. The van der Waals surface area contributed by atoms with Crippen LogP contribution in [0.15, 0.2) is 42.5 Å². The van der Waals surface area contributed by atoms with Crippen molar-refractivity contribution in [3.05, 3.63) is 64.7 Å². The van der Waals surface area contributed by atoms with E-state index in [1.807, 2.05) is 0 Å². The van der Waals surface area contributed by atoms with Crippen molar-refractivity contribution in [3.8, 4) is 0 Å². The molecular weight excluding hydrogens is 232 g/mol. The summed E-state index contributed by atoms with van der Waals surface area (Å²) >= 11 is 0. The van der Waals surface area contributed by atoms with E-state index in [1.165, 1.54) is 22.3 Å². The fourth-order valence-corrected chi connectivity index (χ4v) is 2.50. The molecule has 0 aliphatic carbocycles. The van der Waals surface area contributed by atoms with Crippen LogP contribution in [0.2, 0.25) is 0 Å². The van der Waals surface area contributed by atoms with Crippen molar-refractivity contribution in [2.45, 2.75) is 26.8 Å². The fraction of sp³-hybridized carbons (Fsp3) is 0.294. The van der Waals surface area contributed by atoms with Crippen molar-refractivity contribution in [3.63, 3.8) is 0 Å². The minimum atomic E-state index is 0.155. The van der Waals surface area contributed by atoms with Crippen LogP contribution in [0.3, 0.4) is 0 Å². The van der Waals surface area contributed by atoms with Crippen LogP contribution in [-0.2, 0) is 0 Å². The van der Waals surface area contributed by atoms with Crippen molar-refractivity contribution in [1.29, 1.82) is 0 Å². The number of rotatable bonds is 4. The molecule has 1 atom stereocenters. The van der Waals surface area contributed by atoms with E-state index in [4.69, 9.17) is 5.73 Å². The average molecular weight is 254 g/mol. The molecule has 0 heterocycles. The lowest BCUT2D eigenvalue weighted by Crippen LogP contribution is -2.21. The van der Waals surface area contributed by atoms with E-state index in [0.717, 1.165) is 5.69 Å². The Morgan fingerprint density at radius 3 is 2.21 bits per heavy atom. The first-order chi connectivity index (χ1) is 9.10. The van der Waals surface area contributed by atoms with Gasteiger partial charge >= 0.3 is 0 Å². The van der Waals surface area contributed by atoms with Gasteiger partial charge in [0.25, 0.3) is 0 Å². The van der Waals surface area contributed by atoms with Crippen molar-refractivity contribution in [1.82, 2.24) is 0 Å². The van der Waals surface area contributed by atoms with E-state index in [0.29, 0.717) is 6.54 Å². The fourth-order valence-electron chi connectivity index (χ4n) is 2.50. The van der Waals surface area contributed by atoms with Gasteiger partial charge in [-0.25, -0.2) is 0 Å². The zero-order valence-corrected chi connectivity index (χ0v) is 11.9. The Morgan fingerprint density at radius 2 is 1.63 bits per heavy atom. The molecule has 1 unspecified atom stereocenters. The van der Waals surface area contributed by atoms with Crippen molar-refractivity contribution < 1.29 is 0 Å². The minimum absolute atomic E-state index is 0.155. The van der Waals surface area contributed by atoms with Crippen molar-refractivity contribution in [2.24, 2.45) is 5.73 Å². The first kappa shape index (κ1) is 13.6. The number of nitrogens with two attached hydrogens (primary N) is 1. The molecule has 100 valence electrons. The van der Waals surface area contributed by atoms with Gasteiger partial charge in [0, 0.05) is 12.2 Å². The van der Waals surface area contributed by atoms with Crippen LogP contribution >= 0.6 is 0 Å². The van der Waals surface area contributed by atoms with Gasteiger partial charge in [0.05, 0.1) is 6.04 Å². The summed E-state index contributed by atoms with van der Waals surface area (Å²) in [5.41, 5.74) is 12.1. The van der Waals surface area contributed by atoms with Crippen LogP contribution in [0.5, 0.6) is 0 Å². The van der Waals surface area contributed by atoms with Crippen LogP contribution in [-0.4, -0.2) is 6.54 Å². The second-order valence-electron chi connectivity index (χ2n) is 5.17. The summed E-state index contributed by atoms with van der Waals surface area (Å²) in [6.45, 7) is 6.94. The summed E-state index contributed by atoms with van der Waals surface area (Å²) in [5.74, 6) is 0. The van der Waals surface area contributed by atoms with Crippen molar-refractivity contribution in [2.75, 3.05) is 11.9 Å². The van der Waals surface area contributed by atoms with E-state index in [2.05, 4.69) is 68.6 Å². The Balaban J connectivity index is 2.26. The molecule has 0 amide bonds. The monoisotopic (exact) mass is 254 g/mol. The Hall–Kier alpha value is -1.80. The van der Waals surface area contributed by atoms with E-state index in [1.54, 1.807) is 0 Å². The number of benzene rings is 2. The van der Waals surface area contributed by atoms with Crippen molar-refractivity contribution >= 4 is 5.69 Å². The maximum Gasteiger partial charge on any atom is 0.0638 e. The number of aryl methyl sites for hydroxylation is 3. The smallest absolute Gasteiger partial charge is 0.0638 e. The molecule has 0 aliphatic heterocycles. The van der Waals surface area contributed by atoms with Crippen LogP contribution in [0, 0.1) is 20.8 Å². The van der Waals surface area contributed by atoms with Gasteiger partial charge in [-0.15, -0.1) is 0 Å². The highest BCUT2D eigenvalue weighted by Gasteiger charge is 2.11. The number of hydrogen-bond acceptors (Lipinski definition) is 2. The Labute approximate surface area is 115 Å². The van der Waals surface area contributed by atoms with Crippen LogP contribution < -0.4 is 11.1 Å². The number of anilines is 1. The standard InChI is InChI=1S/C17H22N2/c1-12-8-13(2)10-15(9-12)19-17(11-18)16-7-5-4-6-14(16)3/h4-10,17,19H,11,18H2,1-3H3. The Kier molecular flexibility index (Phi) is 4.23. The zero-order chi connectivity index (χ0) is 13.8. The Morgan fingerprint density at radius 1 is 1.00 bits per heavy atom. The third-order valence-electron chi connectivity index (χ3n) is 3.36. The van der Waals surface area contributed by atoms with Crippen LogP contribution in [0.4, 0.5) is 5.69 Å². The summed E-state index contributed by atoms with van der Waals surface area (Å²) in [6, 6.07) is 15.0. The molecule has 0 radical (unpaired) electrons. The molecular formula is C17H22N2. The maximum atomic E-state index is 5.94. The summed E-state index contributed by atoms with van der Waals surface area (Å²) in [4.78, 5) is 0. The molecule has 2 rings (SSSR count). The van der Waals surface area contributed by atoms with Gasteiger partial charge in [-0.2, -0.15) is 0 Å². The second kappa shape index (κ2) is 5.89. The molecule has 0 saturated heterocycles. The average Bonchev–Trinajstić information content (AvgIpc) is 2.36. The van der Waals surface area contributed by atoms with Gasteiger partial charge in [0.15, 0.2) is 0 Å². The SMILES string of the molecule is Cc1cc(C)cc(NC(CN)c2ccccc2C)c1. The van der Waals surface area contributed by atoms with Gasteiger partial charge in [-0.3, -0.25) is 0 Å². The first-order valence-electron chi connectivity index (χ1n) is 6.70. The van der Waals surface area contributed by atoms with E-state index < -0.39 is 0 Å². The first-order valence-corrected chi connectivity index (χ1v) is 6.70. The third kappa shape index (κ3) is 3.36. The highest BCUT2D eigenvalue weighted by Crippen LogP contribution is 2.23. The molecule has 2 aromatic carbocycles. The topological polar surface area (TPSA) is 38.0 Å². The second-order valence-corrected chi connectivity index (χ2v) is 5.17. The lowest BCUT2D eigenvalue weighted by Gasteiger charge is -2.21. The summed E-state index contributed by atoms with van der Waals surface area (Å²) in [6.07, 6.45) is 0. The molecule has 0 bridgehead atoms. The molecule has 3 N–H and O–H groups in total. The third-order valence-corrected chi connectivity index (χ3v) is 3.36. The van der Waals surface area contributed by atoms with E-state index >= 15 is 0 Å². The molecule has 0 aliphatic rings. The predicted molar refractivity (Wildman–Crippen MR) is 82.5 cm³/mol. The lowest BCUT2D eigenvalue weighted by atomic mass is 10.0. The predicted octanol–water partition coefficient (Wildman–Crippen LogP) is 3.72. The number of hydrogen-bond donors (Lipinski definition) is 2. The molecule has 2 nitrogen and oxygen atoms in total. The van der Waals surface area contributed by atoms with Gasteiger partial charge in [0.2, 0.25) is 0 Å². The van der Waals surface area contributed by atoms with Gasteiger partial charge in [-0.05, 0) is 55.2 Å². The van der Waals surface area contributed by atoms with Gasteiger partial charge in [0.1, 0.15) is 0 Å². The van der Waals surface area contributed by atoms with Crippen LogP contribution in [0.1, 0.15) is 28.3 Å². The highest BCUT2D eigenvalue weighted by atomic mass is 14.9. The highest BCUT2D eigenvalue weighted by molar-refractivity contribution is 5.50. The molecule has 0 fully saturated rings. The number of nitrogens with one attached hydrogen (secondary N) is 1. The van der Waals surface area contributed by atoms with Gasteiger partial charge in [-0.1, -0.05) is 30.3 Å². The summed E-state index contributed by atoms with van der Waals surface area (Å²) in [7, 11) is 0. The molecule has 0 aromatic heterocycles. The summed E-state index contributed by atoms with van der Waals surface area (Å²) < 4.78 is 0. The molecule has 2 aromatic rings. The maximum absolute atomic E-state index is 5.94. The molecule has 0 spiro atoms. The normalized spacial score (nSPS) is 12.2. The largest absolute Gasteiger partial charge is 0.377 e. The Bertz CT molecular complexity index is 541. The van der Waals surface area contributed by atoms with E-state index in [-0.39, 0.29) is 6.04 Å². The van der Waals surface area contributed by atoms with Gasteiger partial charge < -0.3 is 11.1 Å². The minimum Gasteiger partial charge on any atom is -0.377 e.